The van der Waals surface area contributed by atoms with Gasteiger partial charge in [0, 0.05) is 12.6 Å². The molecule has 2 N–H and O–H groups in total. The maximum atomic E-state index is 11.7. The van der Waals surface area contributed by atoms with Crippen LogP contribution in [0.2, 0.25) is 0 Å². The molecule has 0 saturated carbocycles. The number of rotatable bonds is 4. The summed E-state index contributed by atoms with van der Waals surface area (Å²) in [6, 6.07) is 6.34. The van der Waals surface area contributed by atoms with Crippen LogP contribution in [0.5, 0.6) is 5.75 Å². The number of aliphatic carboxylic acids is 1. The van der Waals surface area contributed by atoms with Crippen molar-refractivity contribution in [2.75, 3.05) is 7.11 Å². The third-order valence-electron chi connectivity index (χ3n) is 3.54. The molecule has 7 nitrogen and oxygen atoms in total. The Morgan fingerprint density at radius 3 is 2.75 bits per heavy atom. The molecule has 1 aromatic rings. The van der Waals surface area contributed by atoms with Crippen LogP contribution in [-0.4, -0.2) is 45.2 Å². The molecular formula is C15H13N3O4S2. The van der Waals surface area contributed by atoms with Gasteiger partial charge in [-0.1, -0.05) is 24.0 Å². The number of methoxy groups -OCH3 is 1. The lowest BCUT2D eigenvalue weighted by atomic mass is 10.0. The number of thioether (sulfide) groups is 1. The fourth-order valence-electron chi connectivity index (χ4n) is 2.34. The number of hydrogen-bond acceptors (Lipinski definition) is 7. The van der Waals surface area contributed by atoms with Gasteiger partial charge >= 0.3 is 5.97 Å². The van der Waals surface area contributed by atoms with Gasteiger partial charge in [0.05, 0.1) is 17.7 Å². The van der Waals surface area contributed by atoms with Crippen LogP contribution < -0.4 is 10.1 Å². The second kappa shape index (κ2) is 6.62. The fourth-order valence-corrected chi connectivity index (χ4v) is 3.35. The molecule has 1 aromatic carbocycles. The summed E-state index contributed by atoms with van der Waals surface area (Å²) in [5, 5.41) is 17.6. The lowest BCUT2D eigenvalue weighted by molar-refractivity contribution is -0.141. The number of carbonyl (C=O) groups excluding carboxylic acids is 1. The van der Waals surface area contributed by atoms with E-state index in [9.17, 15) is 14.7 Å². The topological polar surface area (TPSA) is 91.2 Å². The Kier molecular flexibility index (Phi) is 4.54. The predicted octanol–water partition coefficient (Wildman–Crippen LogP) is 1.55. The molecule has 2 aliphatic rings. The van der Waals surface area contributed by atoms with Crippen LogP contribution in [0.15, 0.2) is 40.5 Å². The first-order chi connectivity index (χ1) is 11.5. The minimum Gasteiger partial charge on any atom is -0.497 e. The Labute approximate surface area is 147 Å². The largest absolute Gasteiger partial charge is 0.497 e. The molecule has 0 bridgehead atoms. The first-order valence-corrected chi connectivity index (χ1v) is 8.18. The second-order valence-corrected chi connectivity index (χ2v) is 6.77. The summed E-state index contributed by atoms with van der Waals surface area (Å²) in [5.74, 6) is -0.647. The molecule has 1 fully saturated rings. The number of carboxylic acids is 1. The van der Waals surface area contributed by atoms with Crippen molar-refractivity contribution in [2.24, 2.45) is 5.10 Å². The van der Waals surface area contributed by atoms with Crippen molar-refractivity contribution in [1.82, 2.24) is 10.3 Å². The van der Waals surface area contributed by atoms with Gasteiger partial charge in [-0.25, -0.2) is 4.79 Å². The maximum absolute atomic E-state index is 11.7. The molecule has 2 heterocycles. The van der Waals surface area contributed by atoms with Gasteiger partial charge in [-0.2, -0.15) is 5.10 Å². The Bertz CT molecular complexity index is 773. The van der Waals surface area contributed by atoms with Crippen LogP contribution in [0.1, 0.15) is 12.0 Å². The van der Waals surface area contributed by atoms with E-state index in [1.807, 2.05) is 12.1 Å². The number of nitrogens with zero attached hydrogens (tertiary/aromatic N) is 2. The first-order valence-electron chi connectivity index (χ1n) is 6.96. The number of carbonyl (C=O) groups is 2. The van der Waals surface area contributed by atoms with E-state index < -0.39 is 12.0 Å². The molecule has 0 spiro atoms. The average molecular weight is 363 g/mol. The van der Waals surface area contributed by atoms with E-state index in [0.29, 0.717) is 20.7 Å². The Morgan fingerprint density at radius 1 is 1.50 bits per heavy atom. The SMILES string of the molecule is COc1ccc(C2=NN(/C=C3\SC(=S)NC3=O)[C@@H](C(=O)O)C2)cc1. The van der Waals surface area contributed by atoms with Gasteiger partial charge < -0.3 is 15.2 Å². The summed E-state index contributed by atoms with van der Waals surface area (Å²) in [6.07, 6.45) is 1.66. The molecule has 1 amide bonds. The fraction of sp³-hybridized carbons (Fsp3) is 0.200. The standard InChI is InChI=1S/C15H13N3O4S2/c1-22-9-4-2-8(3-5-9)10-6-11(14(20)21)18(17-10)7-12-13(19)16-15(23)24-12/h2-5,7,11H,6H2,1H3,(H,20,21)(H,16,19,23)/b12-7-/t11-/m1/s1. The Morgan fingerprint density at radius 2 is 2.21 bits per heavy atom. The lowest BCUT2D eigenvalue weighted by Gasteiger charge is -2.15. The van der Waals surface area contributed by atoms with Crippen LogP contribution >= 0.6 is 24.0 Å². The number of ether oxygens (including phenoxy) is 1. The van der Waals surface area contributed by atoms with Crippen LogP contribution in [-0.2, 0) is 9.59 Å². The van der Waals surface area contributed by atoms with Gasteiger partial charge in [-0.3, -0.25) is 9.80 Å². The number of hydrazone groups is 1. The van der Waals surface area contributed by atoms with Crippen LogP contribution in [0.25, 0.3) is 0 Å². The third kappa shape index (κ3) is 3.26. The van der Waals surface area contributed by atoms with E-state index in [-0.39, 0.29) is 12.3 Å². The molecular weight excluding hydrogens is 350 g/mol. The number of benzene rings is 1. The van der Waals surface area contributed by atoms with Gasteiger partial charge in [-0.05, 0) is 29.8 Å². The van der Waals surface area contributed by atoms with Crippen molar-refractivity contribution in [1.29, 1.82) is 0 Å². The van der Waals surface area contributed by atoms with Crippen molar-refractivity contribution in [3.05, 3.63) is 40.9 Å². The van der Waals surface area contributed by atoms with E-state index in [1.165, 1.54) is 11.2 Å². The minimum absolute atomic E-state index is 0.238. The summed E-state index contributed by atoms with van der Waals surface area (Å²) in [4.78, 5) is 23.6. The van der Waals surface area contributed by atoms with E-state index >= 15 is 0 Å². The Hall–Kier alpha value is -2.39. The normalized spacial score (nSPS) is 21.9. The van der Waals surface area contributed by atoms with Crippen molar-refractivity contribution in [3.63, 3.8) is 0 Å². The van der Waals surface area contributed by atoms with E-state index in [2.05, 4.69) is 10.4 Å². The third-order valence-corrected chi connectivity index (χ3v) is 4.69. The maximum Gasteiger partial charge on any atom is 0.328 e. The molecule has 0 unspecified atom stereocenters. The van der Waals surface area contributed by atoms with Gasteiger partial charge in [0.1, 0.15) is 10.1 Å². The number of hydrogen-bond donors (Lipinski definition) is 2. The molecule has 0 radical (unpaired) electrons. The smallest absolute Gasteiger partial charge is 0.328 e. The zero-order valence-electron chi connectivity index (χ0n) is 12.6. The van der Waals surface area contributed by atoms with Crippen molar-refractivity contribution in [3.8, 4) is 5.75 Å². The second-order valence-electron chi connectivity index (χ2n) is 5.05. The number of amides is 1. The highest BCUT2D eigenvalue weighted by Gasteiger charge is 2.34. The highest BCUT2D eigenvalue weighted by molar-refractivity contribution is 8.26. The minimum atomic E-state index is -1.01. The van der Waals surface area contributed by atoms with Gasteiger partial charge in [0.25, 0.3) is 5.91 Å². The number of thiocarbonyl (C=S) groups is 1. The van der Waals surface area contributed by atoms with Crippen LogP contribution in [0.3, 0.4) is 0 Å². The van der Waals surface area contributed by atoms with Crippen molar-refractivity contribution in [2.45, 2.75) is 12.5 Å². The zero-order valence-corrected chi connectivity index (χ0v) is 14.2. The molecule has 1 atom stereocenters. The highest BCUT2D eigenvalue weighted by atomic mass is 32.2. The number of nitrogens with one attached hydrogen (secondary N) is 1. The molecule has 124 valence electrons. The molecule has 2 aliphatic heterocycles. The summed E-state index contributed by atoms with van der Waals surface area (Å²) in [5.41, 5.74) is 1.44. The van der Waals surface area contributed by atoms with E-state index in [0.717, 1.165) is 17.3 Å². The first kappa shape index (κ1) is 16.5. The summed E-state index contributed by atoms with van der Waals surface area (Å²) >= 11 is 6.01. The lowest BCUT2D eigenvalue weighted by Crippen LogP contribution is -2.31. The zero-order chi connectivity index (χ0) is 17.3. The average Bonchev–Trinajstić information content (AvgIpc) is 3.11. The van der Waals surface area contributed by atoms with Crippen molar-refractivity contribution >= 4 is 45.9 Å². The summed E-state index contributed by atoms with van der Waals surface area (Å²) < 4.78 is 5.45. The summed E-state index contributed by atoms with van der Waals surface area (Å²) in [6.45, 7) is 0. The van der Waals surface area contributed by atoms with Gasteiger partial charge in [0.2, 0.25) is 0 Å². The van der Waals surface area contributed by atoms with E-state index in [1.54, 1.807) is 19.2 Å². The molecule has 0 aromatic heterocycles. The molecule has 0 aliphatic carbocycles. The molecule has 24 heavy (non-hydrogen) atoms. The summed E-state index contributed by atoms with van der Waals surface area (Å²) in [7, 11) is 1.57. The number of carboxylic acid groups (broad SMARTS) is 1. The quantitative estimate of drug-likeness (QED) is 0.619. The monoisotopic (exact) mass is 363 g/mol. The van der Waals surface area contributed by atoms with Crippen LogP contribution in [0, 0.1) is 0 Å². The van der Waals surface area contributed by atoms with Gasteiger partial charge in [0.15, 0.2) is 6.04 Å². The molecule has 3 rings (SSSR count). The molecule has 9 heteroatoms. The van der Waals surface area contributed by atoms with Gasteiger partial charge in [-0.15, -0.1) is 0 Å². The highest BCUT2D eigenvalue weighted by Crippen LogP contribution is 2.28. The van der Waals surface area contributed by atoms with Crippen molar-refractivity contribution < 1.29 is 19.4 Å². The van der Waals surface area contributed by atoms with E-state index in [4.69, 9.17) is 17.0 Å². The van der Waals surface area contributed by atoms with Crippen LogP contribution in [0.4, 0.5) is 0 Å². The molecule has 1 saturated heterocycles. The predicted molar refractivity (Wildman–Crippen MR) is 93.8 cm³/mol. The Balaban J connectivity index is 1.89.